The minimum Gasteiger partial charge on any atom is -0.497 e. The van der Waals surface area contributed by atoms with Crippen molar-refractivity contribution in [3.8, 4) is 17.0 Å². The lowest BCUT2D eigenvalue weighted by Gasteiger charge is -2.06. The fourth-order valence-corrected chi connectivity index (χ4v) is 4.11. The number of thiazole rings is 1. The Hall–Kier alpha value is -2.31. The van der Waals surface area contributed by atoms with Crippen LogP contribution >= 0.6 is 23.1 Å². The number of benzene rings is 2. The van der Waals surface area contributed by atoms with Crippen LogP contribution in [0.1, 0.15) is 19.4 Å². The first-order valence-electron chi connectivity index (χ1n) is 8.69. The summed E-state index contributed by atoms with van der Waals surface area (Å²) in [7, 11) is 1.64. The van der Waals surface area contributed by atoms with Crippen molar-refractivity contribution in [1.82, 2.24) is 4.98 Å². The monoisotopic (exact) mass is 398 g/mol. The summed E-state index contributed by atoms with van der Waals surface area (Å²) in [6.07, 6.45) is 0.337. The number of thioether (sulfide) groups is 1. The second kappa shape index (κ2) is 9.06. The molecule has 3 rings (SSSR count). The zero-order valence-electron chi connectivity index (χ0n) is 15.6. The Bertz CT molecular complexity index is 887. The number of aromatic nitrogens is 1. The first-order valence-corrected chi connectivity index (χ1v) is 10.4. The van der Waals surface area contributed by atoms with E-state index in [0.717, 1.165) is 22.6 Å². The number of hydrogen-bond acceptors (Lipinski definition) is 5. The van der Waals surface area contributed by atoms with Crippen molar-refractivity contribution < 1.29 is 9.53 Å². The first kappa shape index (κ1) is 19.5. The number of nitrogens with one attached hydrogen (secondary N) is 1. The van der Waals surface area contributed by atoms with E-state index in [4.69, 9.17) is 4.74 Å². The summed E-state index contributed by atoms with van der Waals surface area (Å²) in [4.78, 5) is 18.0. The Morgan fingerprint density at radius 1 is 1.15 bits per heavy atom. The average Bonchev–Trinajstić information content (AvgIpc) is 3.11. The highest BCUT2D eigenvalue weighted by Crippen LogP contribution is 2.27. The van der Waals surface area contributed by atoms with Crippen LogP contribution in [0.4, 0.5) is 5.13 Å². The van der Waals surface area contributed by atoms with Crippen LogP contribution in [0, 0.1) is 0 Å². The first-order chi connectivity index (χ1) is 13.0. The lowest BCUT2D eigenvalue weighted by molar-refractivity contribution is -0.115. The Labute approximate surface area is 168 Å². The van der Waals surface area contributed by atoms with Crippen LogP contribution < -0.4 is 10.1 Å². The molecule has 0 saturated carbocycles. The largest absolute Gasteiger partial charge is 0.497 e. The maximum Gasteiger partial charge on any atom is 0.230 e. The molecule has 6 heteroatoms. The van der Waals surface area contributed by atoms with Crippen molar-refractivity contribution in [3.63, 3.8) is 0 Å². The van der Waals surface area contributed by atoms with Gasteiger partial charge in [0.2, 0.25) is 5.91 Å². The number of methoxy groups -OCH3 is 1. The van der Waals surface area contributed by atoms with Gasteiger partial charge in [-0.1, -0.05) is 26.0 Å². The van der Waals surface area contributed by atoms with Crippen LogP contribution in [-0.2, 0) is 11.2 Å². The van der Waals surface area contributed by atoms with Gasteiger partial charge in [-0.25, -0.2) is 4.98 Å². The van der Waals surface area contributed by atoms with Gasteiger partial charge in [0, 0.05) is 21.1 Å². The molecule has 0 saturated heterocycles. The summed E-state index contributed by atoms with van der Waals surface area (Å²) in [5.41, 5.74) is 2.83. The molecule has 1 heterocycles. The standard InChI is InChI=1S/C21H22N2O2S2/c1-14(2)27-18-10-4-15(5-11-18)12-20(24)23-21-22-19(13-26-21)16-6-8-17(25-3)9-7-16/h4-11,13-14H,12H2,1-3H3,(H,22,23,24). The van der Waals surface area contributed by atoms with E-state index in [1.54, 1.807) is 7.11 Å². The van der Waals surface area contributed by atoms with Crippen molar-refractivity contribution in [2.75, 3.05) is 12.4 Å². The van der Waals surface area contributed by atoms with E-state index in [1.165, 1.54) is 16.2 Å². The third kappa shape index (κ3) is 5.58. The normalized spacial score (nSPS) is 10.8. The summed E-state index contributed by atoms with van der Waals surface area (Å²) < 4.78 is 5.17. The van der Waals surface area contributed by atoms with E-state index in [9.17, 15) is 4.79 Å². The van der Waals surface area contributed by atoms with Gasteiger partial charge in [-0.15, -0.1) is 23.1 Å². The lowest BCUT2D eigenvalue weighted by Crippen LogP contribution is -2.14. The van der Waals surface area contributed by atoms with E-state index >= 15 is 0 Å². The van der Waals surface area contributed by atoms with Crippen molar-refractivity contribution in [2.24, 2.45) is 0 Å². The van der Waals surface area contributed by atoms with Gasteiger partial charge in [0.05, 0.1) is 19.2 Å². The molecule has 0 atom stereocenters. The quantitative estimate of drug-likeness (QED) is 0.534. The molecule has 0 spiro atoms. The van der Waals surface area contributed by atoms with Crippen LogP contribution in [-0.4, -0.2) is 23.3 Å². The molecular weight excluding hydrogens is 376 g/mol. The van der Waals surface area contributed by atoms with Gasteiger partial charge in [0.1, 0.15) is 5.75 Å². The highest BCUT2D eigenvalue weighted by Gasteiger charge is 2.09. The van der Waals surface area contributed by atoms with Gasteiger partial charge in [-0.2, -0.15) is 0 Å². The Balaban J connectivity index is 1.58. The van der Waals surface area contributed by atoms with Crippen LogP contribution in [0.25, 0.3) is 11.3 Å². The molecule has 4 nitrogen and oxygen atoms in total. The fraction of sp³-hybridized carbons (Fsp3) is 0.238. The van der Waals surface area contributed by atoms with Crippen molar-refractivity contribution in [1.29, 1.82) is 0 Å². The molecule has 27 heavy (non-hydrogen) atoms. The topological polar surface area (TPSA) is 51.2 Å². The summed E-state index contributed by atoms with van der Waals surface area (Å²) >= 11 is 3.24. The number of carbonyl (C=O) groups excluding carboxylic acids is 1. The highest BCUT2D eigenvalue weighted by atomic mass is 32.2. The van der Waals surface area contributed by atoms with Gasteiger partial charge < -0.3 is 10.1 Å². The van der Waals surface area contributed by atoms with E-state index < -0.39 is 0 Å². The van der Waals surface area contributed by atoms with Gasteiger partial charge in [0.15, 0.2) is 5.13 Å². The summed E-state index contributed by atoms with van der Waals surface area (Å²) in [6, 6.07) is 15.9. The molecule has 0 fully saturated rings. The zero-order chi connectivity index (χ0) is 19.2. The molecule has 1 N–H and O–H groups in total. The van der Waals surface area contributed by atoms with Crippen molar-refractivity contribution in [2.45, 2.75) is 30.4 Å². The maximum atomic E-state index is 12.3. The van der Waals surface area contributed by atoms with Gasteiger partial charge in [-0.05, 0) is 42.0 Å². The number of rotatable bonds is 7. The van der Waals surface area contributed by atoms with Crippen LogP contribution in [0.15, 0.2) is 58.8 Å². The van der Waals surface area contributed by atoms with Gasteiger partial charge >= 0.3 is 0 Å². The SMILES string of the molecule is COc1ccc(-c2csc(NC(=O)Cc3ccc(SC(C)C)cc3)n2)cc1. The Morgan fingerprint density at radius 2 is 1.85 bits per heavy atom. The molecule has 0 aliphatic rings. The molecule has 1 amide bonds. The fourth-order valence-electron chi connectivity index (χ4n) is 2.53. The van der Waals surface area contributed by atoms with E-state index in [1.807, 2.05) is 53.5 Å². The second-order valence-electron chi connectivity index (χ2n) is 6.30. The molecule has 0 unspecified atom stereocenters. The van der Waals surface area contributed by atoms with Crippen LogP contribution in [0.5, 0.6) is 5.75 Å². The molecule has 140 valence electrons. The van der Waals surface area contributed by atoms with E-state index in [2.05, 4.69) is 36.3 Å². The van der Waals surface area contributed by atoms with Crippen LogP contribution in [0.2, 0.25) is 0 Å². The molecule has 0 aliphatic carbocycles. The smallest absolute Gasteiger partial charge is 0.230 e. The predicted octanol–water partition coefficient (Wildman–Crippen LogP) is 5.50. The zero-order valence-corrected chi connectivity index (χ0v) is 17.2. The van der Waals surface area contributed by atoms with E-state index in [-0.39, 0.29) is 5.91 Å². The summed E-state index contributed by atoms with van der Waals surface area (Å²) in [6.45, 7) is 4.33. The summed E-state index contributed by atoms with van der Waals surface area (Å²) in [5, 5.41) is 5.98. The molecule has 0 bridgehead atoms. The minimum absolute atomic E-state index is 0.0603. The lowest BCUT2D eigenvalue weighted by atomic mass is 10.1. The molecule has 0 radical (unpaired) electrons. The third-order valence-corrected chi connectivity index (χ3v) is 5.57. The van der Waals surface area contributed by atoms with Gasteiger partial charge in [-0.3, -0.25) is 4.79 Å². The number of carbonyl (C=O) groups is 1. The maximum absolute atomic E-state index is 12.3. The number of hydrogen-bond donors (Lipinski definition) is 1. The number of nitrogens with zero attached hydrogens (tertiary/aromatic N) is 1. The number of ether oxygens (including phenoxy) is 1. The van der Waals surface area contributed by atoms with Crippen molar-refractivity contribution >= 4 is 34.1 Å². The predicted molar refractivity (Wildman–Crippen MR) is 114 cm³/mol. The number of anilines is 1. The molecule has 3 aromatic rings. The minimum atomic E-state index is -0.0603. The van der Waals surface area contributed by atoms with Crippen LogP contribution in [0.3, 0.4) is 0 Å². The molecule has 1 aromatic heterocycles. The third-order valence-electron chi connectivity index (χ3n) is 3.80. The highest BCUT2D eigenvalue weighted by molar-refractivity contribution is 7.99. The Kier molecular flexibility index (Phi) is 6.53. The Morgan fingerprint density at radius 3 is 2.48 bits per heavy atom. The molecule has 2 aromatic carbocycles. The molecule has 0 aliphatic heterocycles. The van der Waals surface area contributed by atoms with Gasteiger partial charge in [0.25, 0.3) is 0 Å². The summed E-state index contributed by atoms with van der Waals surface area (Å²) in [5.74, 6) is 0.746. The molecular formula is C21H22N2O2S2. The number of amides is 1. The second-order valence-corrected chi connectivity index (χ2v) is 8.81. The van der Waals surface area contributed by atoms with Crippen molar-refractivity contribution in [3.05, 3.63) is 59.5 Å². The van der Waals surface area contributed by atoms with E-state index in [0.29, 0.717) is 16.8 Å². The average molecular weight is 399 g/mol.